The van der Waals surface area contributed by atoms with Gasteiger partial charge in [0.25, 0.3) is 34.8 Å². The fraction of sp³-hybridized carbons (Fsp3) is 0.455. The predicted molar refractivity (Wildman–Crippen MR) is 242 cm³/mol. The van der Waals surface area contributed by atoms with Crippen LogP contribution in [-0.2, 0) is 0 Å². The fourth-order valence-corrected chi connectivity index (χ4v) is 9.15. The van der Waals surface area contributed by atoms with E-state index in [0.717, 1.165) is 0 Å². The maximum absolute atomic E-state index is 13.3. The van der Waals surface area contributed by atoms with Crippen LogP contribution in [0.3, 0.4) is 0 Å². The Kier molecular flexibility index (Phi) is 12.3. The molecule has 10 rings (SSSR count). The van der Waals surface area contributed by atoms with E-state index in [9.17, 15) is 47.0 Å². The molecule has 0 saturated heterocycles. The standard InChI is InChI=1S/2C22H25F2N7O3/c2*1-25-18-8-17(28-16-3-2-6-30(21(16)34)13-9-22(23,24)10-13)29-19-15(11-26-31(18)19)20(33)27-12-4-5-14(32)7-12/h2*2-3,6,8,11-14,25,32H,4-5,7,9-10H2,1H3,(H,27,33)(H,28,29)/t2*12-,14+/m10/s1. The molecular formula is C44H50F4N14O6. The number of pyridine rings is 2. The number of alkyl halides is 4. The Hall–Kier alpha value is -7.08. The number of carbonyl (C=O) groups excluding carboxylic acids is 2. The van der Waals surface area contributed by atoms with E-state index < -0.39 is 47.3 Å². The lowest BCUT2D eigenvalue weighted by molar-refractivity contribution is -0.105. The number of nitrogens with one attached hydrogen (secondary N) is 6. The summed E-state index contributed by atoms with van der Waals surface area (Å²) in [5.74, 6) is -4.56. The van der Waals surface area contributed by atoms with Gasteiger partial charge in [-0.15, -0.1) is 0 Å². The fourth-order valence-electron chi connectivity index (χ4n) is 9.15. The lowest BCUT2D eigenvalue weighted by Crippen LogP contribution is -2.41. The van der Waals surface area contributed by atoms with Gasteiger partial charge in [-0.3, -0.25) is 19.2 Å². The number of nitrogens with zero attached hydrogens (tertiary/aromatic N) is 8. The van der Waals surface area contributed by atoms with Crippen LogP contribution in [0.1, 0.15) is 97.0 Å². The zero-order valence-corrected chi connectivity index (χ0v) is 36.9. The van der Waals surface area contributed by atoms with Gasteiger partial charge in [-0.1, -0.05) is 0 Å². The molecule has 68 heavy (non-hydrogen) atoms. The van der Waals surface area contributed by atoms with Gasteiger partial charge >= 0.3 is 0 Å². The molecule has 6 aromatic rings. The number of hydrogen-bond acceptors (Lipinski definition) is 14. The van der Waals surface area contributed by atoms with Crippen LogP contribution in [0.4, 0.5) is 52.2 Å². The highest BCUT2D eigenvalue weighted by atomic mass is 19.3. The van der Waals surface area contributed by atoms with E-state index in [4.69, 9.17) is 0 Å². The molecule has 24 heteroatoms. The number of aliphatic hydroxyl groups is 2. The average Bonchev–Trinajstić information content (AvgIpc) is 4.10. The Morgan fingerprint density at radius 2 is 1.04 bits per heavy atom. The maximum atomic E-state index is 13.3. The number of carbonyl (C=O) groups is 2. The highest BCUT2D eigenvalue weighted by Gasteiger charge is 2.47. The molecular weight excluding hydrogens is 897 g/mol. The van der Waals surface area contributed by atoms with E-state index in [1.54, 1.807) is 50.5 Å². The molecule has 2 amide bonds. The second-order valence-electron chi connectivity index (χ2n) is 17.8. The molecule has 4 aliphatic carbocycles. The summed E-state index contributed by atoms with van der Waals surface area (Å²) in [7, 11) is 3.37. The smallest absolute Gasteiger partial charge is 0.274 e. The Labute approximate surface area is 384 Å². The first-order valence-electron chi connectivity index (χ1n) is 22.3. The van der Waals surface area contributed by atoms with Crippen LogP contribution >= 0.6 is 0 Å². The molecule has 8 N–H and O–H groups in total. The summed E-state index contributed by atoms with van der Waals surface area (Å²) in [6.45, 7) is 0. The number of rotatable bonds is 12. The third-order valence-corrected chi connectivity index (χ3v) is 12.8. The first-order chi connectivity index (χ1) is 32.5. The molecule has 4 fully saturated rings. The molecule has 4 saturated carbocycles. The number of amides is 2. The Morgan fingerprint density at radius 1 is 0.647 bits per heavy atom. The van der Waals surface area contributed by atoms with Gasteiger partial charge in [-0.25, -0.2) is 27.5 Å². The number of aromatic nitrogens is 8. The van der Waals surface area contributed by atoms with Crippen LogP contribution in [0.2, 0.25) is 0 Å². The van der Waals surface area contributed by atoms with Gasteiger partial charge in [0.15, 0.2) is 11.3 Å². The summed E-state index contributed by atoms with van der Waals surface area (Å²) >= 11 is 0. The van der Waals surface area contributed by atoms with Crippen LogP contribution in [-0.4, -0.2) is 111 Å². The first-order valence-corrected chi connectivity index (χ1v) is 22.3. The molecule has 6 aromatic heterocycles. The minimum atomic E-state index is -2.74. The Morgan fingerprint density at radius 3 is 1.38 bits per heavy atom. The molecule has 0 radical (unpaired) electrons. The quantitative estimate of drug-likeness (QED) is 0.0783. The van der Waals surface area contributed by atoms with Gasteiger partial charge in [-0.2, -0.15) is 19.2 Å². The number of anilines is 6. The third-order valence-electron chi connectivity index (χ3n) is 12.8. The normalized spacial score (nSPS) is 21.9. The minimum Gasteiger partial charge on any atom is -0.393 e. The van der Waals surface area contributed by atoms with E-state index >= 15 is 0 Å². The van der Waals surface area contributed by atoms with Gasteiger partial charge in [0, 0.05) is 88.5 Å². The van der Waals surface area contributed by atoms with Gasteiger partial charge in [-0.05, 0) is 62.8 Å². The third kappa shape index (κ3) is 9.41. The highest BCUT2D eigenvalue weighted by molar-refractivity contribution is 6.01. The van der Waals surface area contributed by atoms with Crippen LogP contribution < -0.4 is 43.0 Å². The van der Waals surface area contributed by atoms with E-state index in [0.29, 0.717) is 50.2 Å². The highest BCUT2D eigenvalue weighted by Crippen LogP contribution is 2.46. The maximum Gasteiger partial charge on any atom is 0.274 e. The monoisotopic (exact) mass is 946 g/mol. The first kappa shape index (κ1) is 46.0. The Balaban J connectivity index is 0.000000170. The molecule has 0 aliphatic heterocycles. The van der Waals surface area contributed by atoms with Gasteiger partial charge in [0.1, 0.15) is 45.8 Å². The van der Waals surface area contributed by atoms with Crippen molar-refractivity contribution in [3.8, 4) is 0 Å². The van der Waals surface area contributed by atoms with Crippen LogP contribution in [0.15, 0.2) is 70.8 Å². The topological polar surface area (TPSA) is 251 Å². The zero-order chi connectivity index (χ0) is 48.1. The van der Waals surface area contributed by atoms with E-state index in [-0.39, 0.29) is 95.0 Å². The van der Waals surface area contributed by atoms with Crippen LogP contribution in [0.25, 0.3) is 11.3 Å². The zero-order valence-electron chi connectivity index (χ0n) is 36.9. The van der Waals surface area contributed by atoms with Crippen molar-refractivity contribution in [3.05, 3.63) is 93.0 Å². The van der Waals surface area contributed by atoms with Crippen molar-refractivity contribution in [2.24, 2.45) is 0 Å². The van der Waals surface area contributed by atoms with Crippen LogP contribution in [0.5, 0.6) is 0 Å². The average molecular weight is 947 g/mol. The molecule has 0 unspecified atom stereocenters. The van der Waals surface area contributed by atoms with E-state index in [1.165, 1.54) is 43.0 Å². The largest absolute Gasteiger partial charge is 0.393 e. The summed E-state index contributed by atoms with van der Waals surface area (Å²) in [5.41, 5.74) is 0.570. The lowest BCUT2D eigenvalue weighted by Gasteiger charge is -2.36. The van der Waals surface area contributed by atoms with Crippen molar-refractivity contribution in [1.29, 1.82) is 0 Å². The van der Waals surface area contributed by atoms with Crippen molar-refractivity contribution >= 4 is 57.8 Å². The van der Waals surface area contributed by atoms with Gasteiger partial charge < -0.3 is 51.2 Å². The Bertz CT molecular complexity index is 2790. The number of halogens is 4. The summed E-state index contributed by atoms with van der Waals surface area (Å²) in [5, 5.41) is 45.7. The molecule has 0 spiro atoms. The summed E-state index contributed by atoms with van der Waals surface area (Å²) in [6, 6.07) is 8.25. The minimum absolute atomic E-state index is 0.121. The molecule has 0 aromatic carbocycles. The van der Waals surface area contributed by atoms with Gasteiger partial charge in [0.05, 0.1) is 24.6 Å². The summed E-state index contributed by atoms with van der Waals surface area (Å²) in [6.07, 6.45) is 7.22. The predicted octanol–water partition coefficient (Wildman–Crippen LogP) is 4.58. The van der Waals surface area contributed by atoms with Crippen LogP contribution in [0, 0.1) is 0 Å². The molecule has 4 atom stereocenters. The van der Waals surface area contributed by atoms with Crippen molar-refractivity contribution in [1.82, 2.24) is 49.0 Å². The van der Waals surface area contributed by atoms with Crippen molar-refractivity contribution in [2.45, 2.75) is 112 Å². The molecule has 4 aliphatic rings. The van der Waals surface area contributed by atoms with Crippen molar-refractivity contribution in [2.75, 3.05) is 35.4 Å². The van der Waals surface area contributed by atoms with E-state index in [1.807, 2.05) is 0 Å². The lowest BCUT2D eigenvalue weighted by atomic mass is 9.88. The number of fused-ring (bicyclic) bond motifs is 2. The van der Waals surface area contributed by atoms with Crippen molar-refractivity contribution in [3.63, 3.8) is 0 Å². The number of aliphatic hydroxyl groups excluding tert-OH is 2. The molecule has 0 bridgehead atoms. The number of hydrogen-bond donors (Lipinski definition) is 8. The SMILES string of the molecule is CNc1cc(Nc2cccn(C3CC(F)(F)C3)c2=O)nc2c(C(=O)N[C@@H]3CC[C@H](O)C3)cnn12.CNc1cc(Nc2cccn(C3CC(F)(F)C3)c2=O)nc2c(C(=O)N[C@H]3CC[C@@H](O)C3)cnn12. The van der Waals surface area contributed by atoms with Crippen molar-refractivity contribution < 1.29 is 37.4 Å². The molecule has 20 nitrogen and oxygen atoms in total. The van der Waals surface area contributed by atoms with E-state index in [2.05, 4.69) is 52.1 Å². The molecule has 360 valence electrons. The van der Waals surface area contributed by atoms with Gasteiger partial charge in [0.2, 0.25) is 0 Å². The summed E-state index contributed by atoms with van der Waals surface area (Å²) in [4.78, 5) is 60.5. The summed E-state index contributed by atoms with van der Waals surface area (Å²) < 4.78 is 58.8. The second-order valence-corrected chi connectivity index (χ2v) is 17.8. The molecule has 6 heterocycles. The second kappa shape index (κ2) is 18.2.